The minimum Gasteiger partial charge on any atom is -0.457 e. The minimum atomic E-state index is -3.86. The fraction of sp³-hybridized carbons (Fsp3) is 0.238. The summed E-state index contributed by atoms with van der Waals surface area (Å²) < 4.78 is 39.2. The summed E-state index contributed by atoms with van der Waals surface area (Å²) in [6, 6.07) is 13.9. The van der Waals surface area contributed by atoms with Crippen molar-refractivity contribution in [3.8, 4) is 10.8 Å². The van der Waals surface area contributed by atoms with Crippen LogP contribution in [0.3, 0.4) is 0 Å². The molecule has 0 radical (unpaired) electrons. The van der Waals surface area contributed by atoms with E-state index in [4.69, 9.17) is 8.83 Å². The first-order valence-corrected chi connectivity index (χ1v) is 11.8. The number of aromatic nitrogens is 1. The number of sulfonamides is 1. The van der Waals surface area contributed by atoms with E-state index in [9.17, 15) is 13.2 Å². The van der Waals surface area contributed by atoms with Crippen molar-refractivity contribution in [2.75, 3.05) is 0 Å². The third-order valence-corrected chi connectivity index (χ3v) is 6.78. The van der Waals surface area contributed by atoms with Gasteiger partial charge in [0.2, 0.25) is 5.09 Å². The first-order valence-electron chi connectivity index (χ1n) is 9.47. The zero-order chi connectivity index (χ0) is 22.2. The lowest BCUT2D eigenvalue weighted by Gasteiger charge is -2.18. The van der Waals surface area contributed by atoms with Crippen LogP contribution in [0.1, 0.15) is 37.1 Å². The second-order valence-corrected chi connectivity index (χ2v) is 10.6. The van der Waals surface area contributed by atoms with E-state index in [-0.39, 0.29) is 17.4 Å². The van der Waals surface area contributed by atoms with Crippen molar-refractivity contribution in [3.63, 3.8) is 0 Å². The highest BCUT2D eigenvalue weighted by Crippen LogP contribution is 2.31. The van der Waals surface area contributed by atoms with E-state index in [0.717, 1.165) is 15.2 Å². The van der Waals surface area contributed by atoms with Gasteiger partial charge in [0.25, 0.3) is 15.9 Å². The van der Waals surface area contributed by atoms with E-state index in [0.29, 0.717) is 11.5 Å². The van der Waals surface area contributed by atoms with Crippen LogP contribution in [0.2, 0.25) is 0 Å². The molecule has 162 valence electrons. The Hall–Kier alpha value is -2.95. The van der Waals surface area contributed by atoms with Crippen LogP contribution in [0.4, 0.5) is 0 Å². The molecule has 10 heteroatoms. The van der Waals surface area contributed by atoms with Crippen molar-refractivity contribution < 1.29 is 22.0 Å². The van der Waals surface area contributed by atoms with Crippen molar-refractivity contribution in [3.05, 3.63) is 60.1 Å². The lowest BCUT2D eigenvalue weighted by atomic mass is 10.1. The number of hydrogen-bond acceptors (Lipinski definition) is 7. The predicted molar refractivity (Wildman–Crippen MR) is 117 cm³/mol. The second kappa shape index (κ2) is 7.95. The van der Waals surface area contributed by atoms with E-state index >= 15 is 0 Å². The van der Waals surface area contributed by atoms with Gasteiger partial charge in [-0.25, -0.2) is 18.1 Å². The molecular formula is C21H21N3O5S2. The Morgan fingerprint density at radius 2 is 1.84 bits per heavy atom. The van der Waals surface area contributed by atoms with Gasteiger partial charge in [0.1, 0.15) is 5.76 Å². The quantitative estimate of drug-likeness (QED) is 0.448. The number of carbonyl (C=O) groups excluding carboxylic acids is 1. The van der Waals surface area contributed by atoms with Crippen molar-refractivity contribution in [1.29, 1.82) is 0 Å². The lowest BCUT2D eigenvalue weighted by Crippen LogP contribution is -2.40. The van der Waals surface area contributed by atoms with Crippen LogP contribution in [0.15, 0.2) is 62.5 Å². The van der Waals surface area contributed by atoms with Crippen molar-refractivity contribution in [1.82, 2.24) is 15.0 Å². The van der Waals surface area contributed by atoms with Gasteiger partial charge in [0.05, 0.1) is 16.8 Å². The Balaban J connectivity index is 1.41. The van der Waals surface area contributed by atoms with Gasteiger partial charge in [0, 0.05) is 5.54 Å². The fourth-order valence-corrected chi connectivity index (χ4v) is 5.14. The highest BCUT2D eigenvalue weighted by atomic mass is 32.2. The van der Waals surface area contributed by atoms with Gasteiger partial charge < -0.3 is 14.2 Å². The third kappa shape index (κ3) is 4.87. The fourth-order valence-electron chi connectivity index (χ4n) is 2.86. The Kier molecular flexibility index (Phi) is 5.46. The Morgan fingerprint density at radius 3 is 2.58 bits per heavy atom. The van der Waals surface area contributed by atoms with Gasteiger partial charge in [-0.2, -0.15) is 0 Å². The van der Waals surface area contributed by atoms with E-state index in [1.54, 1.807) is 32.9 Å². The average molecular weight is 460 g/mol. The smallest absolute Gasteiger partial charge is 0.287 e. The van der Waals surface area contributed by atoms with Crippen molar-refractivity contribution >= 4 is 37.5 Å². The molecule has 0 saturated heterocycles. The number of benzene rings is 1. The molecule has 4 aromatic rings. The Morgan fingerprint density at radius 1 is 1.06 bits per heavy atom. The maximum atomic E-state index is 12.4. The second-order valence-electron chi connectivity index (χ2n) is 7.91. The van der Waals surface area contributed by atoms with E-state index in [2.05, 4.69) is 15.0 Å². The lowest BCUT2D eigenvalue weighted by molar-refractivity contribution is 0.0915. The monoisotopic (exact) mass is 459 g/mol. The summed E-state index contributed by atoms with van der Waals surface area (Å²) in [5.41, 5.74) is 0.229. The summed E-state index contributed by atoms with van der Waals surface area (Å²) in [6.45, 7) is 5.26. The van der Waals surface area contributed by atoms with Crippen LogP contribution >= 0.6 is 11.3 Å². The highest BCUT2D eigenvalue weighted by Gasteiger charge is 2.26. The van der Waals surface area contributed by atoms with Crippen LogP contribution in [-0.4, -0.2) is 24.8 Å². The summed E-state index contributed by atoms with van der Waals surface area (Å²) in [4.78, 5) is 16.9. The average Bonchev–Trinajstić information content (AvgIpc) is 3.42. The largest absolute Gasteiger partial charge is 0.457 e. The van der Waals surface area contributed by atoms with Crippen LogP contribution in [0, 0.1) is 0 Å². The molecular weight excluding hydrogens is 438 g/mol. The molecule has 0 atom stereocenters. The zero-order valence-electron chi connectivity index (χ0n) is 17.1. The third-order valence-electron chi connectivity index (χ3n) is 4.10. The predicted octanol–water partition coefficient (Wildman–Crippen LogP) is 4.16. The topological polar surface area (TPSA) is 114 Å². The van der Waals surface area contributed by atoms with Crippen LogP contribution in [-0.2, 0) is 16.6 Å². The number of nitrogens with one attached hydrogen (secondary N) is 2. The molecule has 8 nitrogen and oxygen atoms in total. The maximum Gasteiger partial charge on any atom is 0.287 e. The van der Waals surface area contributed by atoms with Gasteiger partial charge in [-0.3, -0.25) is 4.79 Å². The molecule has 0 bridgehead atoms. The molecule has 2 N–H and O–H groups in total. The van der Waals surface area contributed by atoms with E-state index < -0.39 is 21.5 Å². The number of furan rings is 2. The molecule has 0 unspecified atom stereocenters. The molecule has 0 saturated carbocycles. The molecule has 3 heterocycles. The van der Waals surface area contributed by atoms with E-state index in [1.165, 1.54) is 23.5 Å². The molecule has 4 rings (SSSR count). The van der Waals surface area contributed by atoms with Gasteiger partial charge in [-0.05, 0) is 57.2 Å². The number of hydrogen-bond donors (Lipinski definition) is 2. The van der Waals surface area contributed by atoms with Crippen LogP contribution < -0.4 is 10.0 Å². The minimum absolute atomic E-state index is 0.104. The Labute approximate surface area is 183 Å². The molecule has 3 aromatic heterocycles. The number of fused-ring (bicyclic) bond motifs is 1. The SMILES string of the molecule is CC(C)(C)NS(=O)(=O)c1ccc(C(=O)NCc2ccc(-c3nc4ccccc4s3)o2)o1. The van der Waals surface area contributed by atoms with E-state index in [1.807, 2.05) is 24.3 Å². The summed E-state index contributed by atoms with van der Waals surface area (Å²) in [5, 5.41) is 3.10. The van der Waals surface area contributed by atoms with Gasteiger partial charge in [-0.15, -0.1) is 11.3 Å². The first-order chi connectivity index (χ1) is 14.6. The molecule has 1 aromatic carbocycles. The highest BCUT2D eigenvalue weighted by molar-refractivity contribution is 7.89. The molecule has 31 heavy (non-hydrogen) atoms. The Bertz CT molecular complexity index is 1310. The summed E-state index contributed by atoms with van der Waals surface area (Å²) in [7, 11) is -3.86. The standard InChI is InChI=1S/C21H21N3O5S2/c1-21(2,3)24-31(26,27)18-11-10-15(29-18)19(25)22-12-13-8-9-16(28-13)20-23-14-6-4-5-7-17(14)30-20/h4-11,24H,12H2,1-3H3,(H,22,25). The zero-order valence-corrected chi connectivity index (χ0v) is 18.8. The van der Waals surface area contributed by atoms with Gasteiger partial charge in [0.15, 0.2) is 16.5 Å². The van der Waals surface area contributed by atoms with Crippen LogP contribution in [0.25, 0.3) is 21.0 Å². The van der Waals surface area contributed by atoms with Crippen molar-refractivity contribution in [2.24, 2.45) is 0 Å². The molecule has 1 amide bonds. The number of para-hydroxylation sites is 1. The van der Waals surface area contributed by atoms with Crippen LogP contribution in [0.5, 0.6) is 0 Å². The van der Waals surface area contributed by atoms with Crippen molar-refractivity contribution in [2.45, 2.75) is 37.9 Å². The van der Waals surface area contributed by atoms with Gasteiger partial charge in [-0.1, -0.05) is 12.1 Å². The maximum absolute atomic E-state index is 12.4. The number of rotatable bonds is 6. The molecule has 0 fully saturated rings. The molecule has 0 aliphatic rings. The summed E-state index contributed by atoms with van der Waals surface area (Å²) in [6.07, 6.45) is 0. The number of nitrogens with zero attached hydrogens (tertiary/aromatic N) is 1. The molecule has 0 aliphatic carbocycles. The summed E-state index contributed by atoms with van der Waals surface area (Å²) in [5.74, 6) is 0.504. The molecule has 0 aliphatic heterocycles. The normalized spacial score (nSPS) is 12.4. The van der Waals surface area contributed by atoms with Gasteiger partial charge >= 0.3 is 0 Å². The summed E-state index contributed by atoms with van der Waals surface area (Å²) >= 11 is 1.52. The first kappa shape index (κ1) is 21.3. The molecule has 0 spiro atoms. The number of carbonyl (C=O) groups is 1. The number of thiazole rings is 1. The number of amides is 1.